The van der Waals surface area contributed by atoms with Crippen LogP contribution in [0.4, 0.5) is 5.82 Å². The van der Waals surface area contributed by atoms with Gasteiger partial charge < -0.3 is 23.8 Å². The minimum Gasteiger partial charge on any atom is -0.507 e. The van der Waals surface area contributed by atoms with Crippen molar-refractivity contribution in [3.63, 3.8) is 0 Å². The highest BCUT2D eigenvalue weighted by Gasteiger charge is 2.49. The first-order valence-corrected chi connectivity index (χ1v) is 10.0. The second kappa shape index (κ2) is 8.70. The molecule has 1 N–H and O–H groups in total. The monoisotopic (exact) mass is 450 g/mol. The molecule has 0 saturated carbocycles. The summed E-state index contributed by atoms with van der Waals surface area (Å²) in [7, 11) is 4.43. The maximum Gasteiger partial charge on any atom is 0.301 e. The van der Waals surface area contributed by atoms with Crippen LogP contribution in [0.3, 0.4) is 0 Å². The van der Waals surface area contributed by atoms with Gasteiger partial charge in [-0.1, -0.05) is 29.4 Å². The van der Waals surface area contributed by atoms with Crippen LogP contribution in [0.25, 0.3) is 5.76 Å². The molecule has 1 aliphatic heterocycles. The molecule has 2 aromatic carbocycles. The average molecular weight is 450 g/mol. The molecule has 0 bridgehead atoms. The molecule has 0 aliphatic carbocycles. The first-order chi connectivity index (χ1) is 15.9. The van der Waals surface area contributed by atoms with Crippen LogP contribution >= 0.6 is 0 Å². The summed E-state index contributed by atoms with van der Waals surface area (Å²) in [5.74, 6) is -0.300. The van der Waals surface area contributed by atoms with Crippen LogP contribution in [-0.2, 0) is 9.59 Å². The van der Waals surface area contributed by atoms with Crippen LogP contribution in [0.5, 0.6) is 17.2 Å². The van der Waals surface area contributed by atoms with Gasteiger partial charge in [-0.05, 0) is 25.1 Å². The number of para-hydroxylation sites is 1. The second-order valence-corrected chi connectivity index (χ2v) is 7.28. The predicted octanol–water partition coefficient (Wildman–Crippen LogP) is 3.64. The van der Waals surface area contributed by atoms with Crippen molar-refractivity contribution in [3.8, 4) is 17.2 Å². The summed E-state index contributed by atoms with van der Waals surface area (Å²) in [6.07, 6.45) is 0. The first-order valence-electron chi connectivity index (χ1n) is 10.0. The lowest BCUT2D eigenvalue weighted by atomic mass is 9.94. The predicted molar refractivity (Wildman–Crippen MR) is 119 cm³/mol. The summed E-state index contributed by atoms with van der Waals surface area (Å²) < 4.78 is 21.4. The third-order valence-electron chi connectivity index (χ3n) is 5.38. The van der Waals surface area contributed by atoms with Crippen molar-refractivity contribution in [1.29, 1.82) is 0 Å². The van der Waals surface area contributed by atoms with Gasteiger partial charge in [-0.2, -0.15) is 0 Å². The number of ketones is 1. The van der Waals surface area contributed by atoms with Crippen molar-refractivity contribution in [2.75, 3.05) is 26.2 Å². The zero-order valence-electron chi connectivity index (χ0n) is 18.5. The van der Waals surface area contributed by atoms with Crippen LogP contribution in [0.1, 0.15) is 22.9 Å². The van der Waals surface area contributed by atoms with E-state index in [-0.39, 0.29) is 17.2 Å². The lowest BCUT2D eigenvalue weighted by Gasteiger charge is -2.25. The van der Waals surface area contributed by atoms with Gasteiger partial charge in [-0.3, -0.25) is 14.5 Å². The van der Waals surface area contributed by atoms with Gasteiger partial charge in [0.2, 0.25) is 0 Å². The molecule has 1 unspecified atom stereocenters. The molecule has 3 aromatic rings. The van der Waals surface area contributed by atoms with Crippen LogP contribution in [0.15, 0.2) is 58.6 Å². The lowest BCUT2D eigenvalue weighted by molar-refractivity contribution is -0.132. The number of hydrogen-bond acceptors (Lipinski definition) is 8. The van der Waals surface area contributed by atoms with Crippen molar-refractivity contribution in [1.82, 2.24) is 5.16 Å². The molecule has 9 nitrogen and oxygen atoms in total. The Kier molecular flexibility index (Phi) is 5.78. The number of ether oxygens (including phenoxy) is 3. The molecule has 1 aliphatic rings. The SMILES string of the molecule is COc1cccc(/C(O)=C2\C(=O)C(=O)N(c3cc(C)on3)C2c2cccc(OC)c2OC)c1. The number of anilines is 1. The number of methoxy groups -OCH3 is 3. The van der Waals surface area contributed by atoms with Crippen molar-refractivity contribution in [2.45, 2.75) is 13.0 Å². The molecule has 0 spiro atoms. The molecule has 2 heterocycles. The van der Waals surface area contributed by atoms with E-state index >= 15 is 0 Å². The smallest absolute Gasteiger partial charge is 0.301 e. The Labute approximate surface area is 189 Å². The highest BCUT2D eigenvalue weighted by atomic mass is 16.5. The maximum atomic E-state index is 13.2. The van der Waals surface area contributed by atoms with E-state index in [0.29, 0.717) is 34.1 Å². The summed E-state index contributed by atoms with van der Waals surface area (Å²) in [5.41, 5.74) is 0.622. The molecule has 1 saturated heterocycles. The first kappa shape index (κ1) is 21.9. The molecule has 4 rings (SSSR count). The Morgan fingerprint density at radius 1 is 1.03 bits per heavy atom. The van der Waals surface area contributed by atoms with E-state index in [9.17, 15) is 14.7 Å². The van der Waals surface area contributed by atoms with Gasteiger partial charge in [-0.15, -0.1) is 0 Å². The maximum absolute atomic E-state index is 13.2. The molecule has 1 aromatic heterocycles. The van der Waals surface area contributed by atoms with E-state index in [1.807, 2.05) is 0 Å². The van der Waals surface area contributed by atoms with Gasteiger partial charge in [0.15, 0.2) is 17.3 Å². The Hall–Kier alpha value is -4.27. The van der Waals surface area contributed by atoms with Crippen molar-refractivity contribution in [2.24, 2.45) is 0 Å². The number of carbonyl (C=O) groups excluding carboxylic acids is 2. The Morgan fingerprint density at radius 3 is 2.42 bits per heavy atom. The van der Waals surface area contributed by atoms with Gasteiger partial charge in [0.1, 0.15) is 23.3 Å². The van der Waals surface area contributed by atoms with Crippen LogP contribution in [-0.4, -0.2) is 43.3 Å². The number of Topliss-reactive ketones (excluding diaryl/α,β-unsaturated/α-hetero) is 1. The zero-order valence-corrected chi connectivity index (χ0v) is 18.5. The number of aliphatic hydroxyl groups excluding tert-OH is 1. The minimum atomic E-state index is -1.05. The number of carbonyl (C=O) groups is 2. The van der Waals surface area contributed by atoms with E-state index in [1.165, 1.54) is 32.3 Å². The number of aromatic nitrogens is 1. The largest absolute Gasteiger partial charge is 0.507 e. The normalized spacial score (nSPS) is 17.3. The van der Waals surface area contributed by atoms with Crippen LogP contribution in [0, 0.1) is 6.92 Å². The summed E-state index contributed by atoms with van der Waals surface area (Å²) in [5, 5.41) is 15.2. The Balaban J connectivity index is 2.01. The van der Waals surface area contributed by atoms with Crippen molar-refractivity contribution >= 4 is 23.3 Å². The van der Waals surface area contributed by atoms with E-state index in [4.69, 9.17) is 18.7 Å². The van der Waals surface area contributed by atoms with Gasteiger partial charge in [-0.25, -0.2) is 0 Å². The zero-order chi connectivity index (χ0) is 23.7. The van der Waals surface area contributed by atoms with E-state index in [2.05, 4.69) is 5.16 Å². The molecule has 0 radical (unpaired) electrons. The van der Waals surface area contributed by atoms with Gasteiger partial charge in [0.25, 0.3) is 5.78 Å². The molecule has 9 heteroatoms. The summed E-state index contributed by atoms with van der Waals surface area (Å²) in [6.45, 7) is 1.67. The van der Waals surface area contributed by atoms with Crippen LogP contribution in [0.2, 0.25) is 0 Å². The topological polar surface area (TPSA) is 111 Å². The molecule has 1 amide bonds. The fraction of sp³-hybridized carbons (Fsp3) is 0.208. The highest BCUT2D eigenvalue weighted by Crippen LogP contribution is 2.47. The number of amides is 1. The standard InChI is InChI=1S/C24H22N2O7/c1-13-11-18(25-33-13)26-20(16-9-6-10-17(31-3)23(16)32-4)19(22(28)24(26)29)21(27)14-7-5-8-15(12-14)30-2/h5-12,20,27H,1-4H3/b21-19+. The number of rotatable bonds is 6. The molecular weight excluding hydrogens is 428 g/mol. The van der Waals surface area contributed by atoms with Crippen molar-refractivity contribution < 1.29 is 33.4 Å². The molecular formula is C24H22N2O7. The third-order valence-corrected chi connectivity index (χ3v) is 5.38. The van der Waals surface area contributed by atoms with Gasteiger partial charge in [0, 0.05) is 17.2 Å². The number of hydrogen-bond donors (Lipinski definition) is 1. The number of aliphatic hydroxyl groups is 1. The highest BCUT2D eigenvalue weighted by molar-refractivity contribution is 6.51. The fourth-order valence-corrected chi connectivity index (χ4v) is 3.88. The van der Waals surface area contributed by atoms with E-state index in [1.54, 1.807) is 49.4 Å². The number of nitrogens with zero attached hydrogens (tertiary/aromatic N) is 2. The molecule has 33 heavy (non-hydrogen) atoms. The Bertz CT molecular complexity index is 1260. The third kappa shape index (κ3) is 3.67. The van der Waals surface area contributed by atoms with E-state index in [0.717, 1.165) is 0 Å². The molecule has 1 atom stereocenters. The molecule has 1 fully saturated rings. The average Bonchev–Trinajstić information content (AvgIpc) is 3.38. The summed E-state index contributed by atoms with van der Waals surface area (Å²) in [4.78, 5) is 27.6. The fourth-order valence-electron chi connectivity index (χ4n) is 3.88. The number of benzene rings is 2. The summed E-state index contributed by atoms with van der Waals surface area (Å²) in [6, 6.07) is 12.1. The molecule has 170 valence electrons. The second-order valence-electron chi connectivity index (χ2n) is 7.28. The van der Waals surface area contributed by atoms with Gasteiger partial charge in [0.05, 0.1) is 26.9 Å². The van der Waals surface area contributed by atoms with Gasteiger partial charge >= 0.3 is 5.91 Å². The van der Waals surface area contributed by atoms with E-state index < -0.39 is 17.7 Å². The number of aryl methyl sites for hydroxylation is 1. The Morgan fingerprint density at radius 2 is 1.79 bits per heavy atom. The quantitative estimate of drug-likeness (QED) is 0.344. The van der Waals surface area contributed by atoms with Crippen molar-refractivity contribution in [3.05, 3.63) is 71.0 Å². The summed E-state index contributed by atoms with van der Waals surface area (Å²) >= 11 is 0. The minimum absolute atomic E-state index is 0.125. The van der Waals surface area contributed by atoms with Crippen LogP contribution < -0.4 is 19.1 Å². The lowest BCUT2D eigenvalue weighted by Crippen LogP contribution is -2.30.